The summed E-state index contributed by atoms with van der Waals surface area (Å²) in [6, 6.07) is 11.2. The maximum atomic E-state index is 13.2. The van der Waals surface area contributed by atoms with Crippen molar-refractivity contribution in [3.8, 4) is 0 Å². The first-order chi connectivity index (χ1) is 11.9. The van der Waals surface area contributed by atoms with E-state index in [2.05, 4.69) is 9.97 Å². The Kier molecular flexibility index (Phi) is 4.88. The number of H-pyrrole nitrogens is 1. The molecule has 1 atom stereocenters. The van der Waals surface area contributed by atoms with Gasteiger partial charge in [-0.2, -0.15) is 13.2 Å². The van der Waals surface area contributed by atoms with Gasteiger partial charge in [-0.3, -0.25) is 0 Å². The maximum Gasteiger partial charge on any atom is 0.416 e. The molecule has 25 heavy (non-hydrogen) atoms. The van der Waals surface area contributed by atoms with Crippen LogP contribution in [-0.2, 0) is 12.6 Å². The van der Waals surface area contributed by atoms with E-state index in [0.29, 0.717) is 12.8 Å². The first-order valence-electron chi connectivity index (χ1n) is 7.83. The summed E-state index contributed by atoms with van der Waals surface area (Å²) in [6.07, 6.45) is 0.289. The van der Waals surface area contributed by atoms with Gasteiger partial charge in [0.1, 0.15) is 5.82 Å². The summed E-state index contributed by atoms with van der Waals surface area (Å²) in [5.74, 6) is -0.477. The van der Waals surface area contributed by atoms with E-state index in [1.54, 1.807) is 24.7 Å². The number of aromatic amines is 1. The van der Waals surface area contributed by atoms with Crippen molar-refractivity contribution < 1.29 is 17.6 Å². The molecule has 6 heteroatoms. The van der Waals surface area contributed by atoms with Gasteiger partial charge in [0.05, 0.1) is 11.9 Å². The van der Waals surface area contributed by atoms with E-state index in [0.717, 1.165) is 29.0 Å². The molecular weight excluding hydrogens is 332 g/mol. The predicted molar refractivity (Wildman–Crippen MR) is 86.6 cm³/mol. The van der Waals surface area contributed by atoms with Crippen molar-refractivity contribution in [2.45, 2.75) is 24.9 Å². The zero-order valence-electron chi connectivity index (χ0n) is 13.2. The zero-order chi connectivity index (χ0) is 17.9. The average Bonchev–Trinajstić information content (AvgIpc) is 3.10. The number of nitrogens with zero attached hydrogens (tertiary/aromatic N) is 1. The summed E-state index contributed by atoms with van der Waals surface area (Å²) >= 11 is 0. The van der Waals surface area contributed by atoms with Crippen LogP contribution in [0.2, 0.25) is 0 Å². The molecule has 0 aliphatic rings. The summed E-state index contributed by atoms with van der Waals surface area (Å²) in [5, 5.41) is 0. The van der Waals surface area contributed by atoms with Crippen LogP contribution in [0.3, 0.4) is 0 Å². The van der Waals surface area contributed by atoms with Crippen LogP contribution in [0.1, 0.15) is 34.7 Å². The number of halogens is 4. The molecule has 0 amide bonds. The molecule has 0 bridgehead atoms. The molecule has 0 fully saturated rings. The predicted octanol–water partition coefficient (Wildman–Crippen LogP) is 5.33. The minimum Gasteiger partial charge on any atom is -0.348 e. The van der Waals surface area contributed by atoms with Crippen LogP contribution in [0, 0.1) is 5.82 Å². The Hall–Kier alpha value is -2.63. The molecule has 0 saturated heterocycles. The highest BCUT2D eigenvalue weighted by atomic mass is 19.4. The Morgan fingerprint density at radius 3 is 2.04 bits per heavy atom. The van der Waals surface area contributed by atoms with Crippen molar-refractivity contribution in [1.29, 1.82) is 0 Å². The number of hydrogen-bond donors (Lipinski definition) is 1. The lowest BCUT2D eigenvalue weighted by atomic mass is 9.86. The highest BCUT2D eigenvalue weighted by Gasteiger charge is 2.30. The van der Waals surface area contributed by atoms with Gasteiger partial charge in [0.25, 0.3) is 0 Å². The molecular formula is C19H16F4N2. The molecule has 3 aromatic rings. The summed E-state index contributed by atoms with van der Waals surface area (Å²) in [6.45, 7) is 0. The molecule has 3 rings (SSSR count). The van der Waals surface area contributed by atoms with Crippen molar-refractivity contribution in [3.63, 3.8) is 0 Å². The lowest BCUT2D eigenvalue weighted by Crippen LogP contribution is -2.07. The average molecular weight is 348 g/mol. The molecule has 0 saturated carbocycles. The molecule has 1 aromatic heterocycles. The van der Waals surface area contributed by atoms with Crippen LogP contribution < -0.4 is 0 Å². The Bertz CT molecular complexity index is 791. The smallest absolute Gasteiger partial charge is 0.348 e. The second-order valence-corrected chi connectivity index (χ2v) is 5.84. The van der Waals surface area contributed by atoms with E-state index < -0.39 is 11.7 Å². The number of benzene rings is 2. The van der Waals surface area contributed by atoms with E-state index in [1.807, 2.05) is 0 Å². The minimum atomic E-state index is -4.36. The SMILES string of the molecule is Fc1ccc(C(CCc2cnc[nH]2)c2ccc(C(F)(F)F)cc2)cc1. The number of rotatable bonds is 5. The second-order valence-electron chi connectivity index (χ2n) is 5.84. The van der Waals surface area contributed by atoms with Crippen molar-refractivity contribution in [3.05, 3.63) is 89.3 Å². The largest absolute Gasteiger partial charge is 0.416 e. The highest BCUT2D eigenvalue weighted by Crippen LogP contribution is 2.33. The topological polar surface area (TPSA) is 28.7 Å². The summed E-state index contributed by atoms with van der Waals surface area (Å²) in [4.78, 5) is 6.98. The molecule has 1 unspecified atom stereocenters. The maximum absolute atomic E-state index is 13.2. The van der Waals surface area contributed by atoms with Gasteiger partial charge in [-0.25, -0.2) is 9.37 Å². The molecule has 2 aromatic carbocycles. The van der Waals surface area contributed by atoms with E-state index in [4.69, 9.17) is 0 Å². The Balaban J connectivity index is 1.88. The van der Waals surface area contributed by atoms with Crippen LogP contribution >= 0.6 is 0 Å². The van der Waals surface area contributed by atoms with Gasteiger partial charge in [0.2, 0.25) is 0 Å². The van der Waals surface area contributed by atoms with Crippen molar-refractivity contribution in [1.82, 2.24) is 9.97 Å². The van der Waals surface area contributed by atoms with Gasteiger partial charge in [-0.05, 0) is 48.2 Å². The van der Waals surface area contributed by atoms with Crippen molar-refractivity contribution >= 4 is 0 Å². The molecule has 0 spiro atoms. The fourth-order valence-electron chi connectivity index (χ4n) is 2.85. The number of nitrogens with one attached hydrogen (secondary N) is 1. The molecule has 0 radical (unpaired) electrons. The number of aromatic nitrogens is 2. The van der Waals surface area contributed by atoms with Gasteiger partial charge < -0.3 is 4.98 Å². The van der Waals surface area contributed by atoms with Crippen LogP contribution in [-0.4, -0.2) is 9.97 Å². The normalized spacial score (nSPS) is 13.0. The minimum absolute atomic E-state index is 0.133. The molecule has 1 N–H and O–H groups in total. The van der Waals surface area contributed by atoms with E-state index in [9.17, 15) is 17.6 Å². The fraction of sp³-hybridized carbons (Fsp3) is 0.211. The lowest BCUT2D eigenvalue weighted by Gasteiger charge is -2.19. The Morgan fingerprint density at radius 1 is 0.920 bits per heavy atom. The fourth-order valence-corrected chi connectivity index (χ4v) is 2.85. The third kappa shape index (κ3) is 4.26. The van der Waals surface area contributed by atoms with E-state index >= 15 is 0 Å². The Morgan fingerprint density at radius 2 is 1.52 bits per heavy atom. The van der Waals surface area contributed by atoms with Gasteiger partial charge >= 0.3 is 6.18 Å². The number of aryl methyl sites for hydroxylation is 1. The Labute approximate surface area is 142 Å². The lowest BCUT2D eigenvalue weighted by molar-refractivity contribution is -0.137. The first kappa shape index (κ1) is 17.2. The molecule has 0 aliphatic heterocycles. The molecule has 0 aliphatic carbocycles. The van der Waals surface area contributed by atoms with Crippen LogP contribution in [0.5, 0.6) is 0 Å². The summed E-state index contributed by atoms with van der Waals surface area (Å²) in [5.41, 5.74) is 1.89. The number of hydrogen-bond acceptors (Lipinski definition) is 1. The second kappa shape index (κ2) is 7.09. The standard InChI is InChI=1S/C19H16F4N2/c20-16-7-3-14(4-8-16)18(10-9-17-11-24-12-25-17)13-1-5-15(6-2-13)19(21,22)23/h1-8,11-12,18H,9-10H2,(H,24,25). The highest BCUT2D eigenvalue weighted by molar-refractivity contribution is 5.35. The molecule has 130 valence electrons. The molecule has 2 nitrogen and oxygen atoms in total. The zero-order valence-corrected chi connectivity index (χ0v) is 13.2. The van der Waals surface area contributed by atoms with Crippen LogP contribution in [0.25, 0.3) is 0 Å². The number of imidazole rings is 1. The van der Waals surface area contributed by atoms with Gasteiger partial charge in [-0.15, -0.1) is 0 Å². The monoisotopic (exact) mass is 348 g/mol. The van der Waals surface area contributed by atoms with Gasteiger partial charge in [0, 0.05) is 17.8 Å². The van der Waals surface area contributed by atoms with Gasteiger partial charge in [0.15, 0.2) is 0 Å². The van der Waals surface area contributed by atoms with Crippen molar-refractivity contribution in [2.24, 2.45) is 0 Å². The third-order valence-corrected chi connectivity index (χ3v) is 4.17. The van der Waals surface area contributed by atoms with Crippen LogP contribution in [0.4, 0.5) is 17.6 Å². The summed E-state index contributed by atoms with van der Waals surface area (Å²) in [7, 11) is 0. The van der Waals surface area contributed by atoms with E-state index in [-0.39, 0.29) is 11.7 Å². The first-order valence-corrected chi connectivity index (χ1v) is 7.83. The third-order valence-electron chi connectivity index (χ3n) is 4.17. The van der Waals surface area contributed by atoms with Crippen LogP contribution in [0.15, 0.2) is 61.1 Å². The molecule has 1 heterocycles. The van der Waals surface area contributed by atoms with Gasteiger partial charge in [-0.1, -0.05) is 24.3 Å². The van der Waals surface area contributed by atoms with E-state index in [1.165, 1.54) is 24.3 Å². The number of alkyl halides is 3. The summed E-state index contributed by atoms with van der Waals surface area (Å²) < 4.78 is 51.5. The quantitative estimate of drug-likeness (QED) is 0.620. The van der Waals surface area contributed by atoms with Crippen molar-refractivity contribution in [2.75, 3.05) is 0 Å².